The van der Waals surface area contributed by atoms with Gasteiger partial charge in [0.15, 0.2) is 6.29 Å². The average molecular weight is 627 g/mol. The fraction of sp³-hybridized carbons (Fsp3) is 1.00. The van der Waals surface area contributed by atoms with Gasteiger partial charge in [-0.1, -0.05) is 12.0 Å². The van der Waals surface area contributed by atoms with Gasteiger partial charge in [-0.25, -0.2) is 0 Å². The van der Waals surface area contributed by atoms with Crippen LogP contribution in [0, 0.1) is 88.1 Å². The Labute approximate surface area is 154 Å². The van der Waals surface area contributed by atoms with Gasteiger partial charge in [-0.3, -0.25) is 0 Å². The fourth-order valence-electron chi connectivity index (χ4n) is 1.27. The van der Waals surface area contributed by atoms with Crippen LogP contribution >= 0.6 is 0 Å². The zero-order valence-corrected chi connectivity index (χ0v) is 17.3. The first-order valence-electron chi connectivity index (χ1n) is 3.76. The third-order valence-corrected chi connectivity index (χ3v) is 1.92. The second-order valence-corrected chi connectivity index (χ2v) is 2.66. The van der Waals surface area contributed by atoms with E-state index in [4.69, 9.17) is 15.4 Å². The Kier molecular flexibility index (Phi) is 12.0. The van der Waals surface area contributed by atoms with Crippen molar-refractivity contribution in [3.05, 3.63) is 10.4 Å². The van der Waals surface area contributed by atoms with Gasteiger partial charge in [-0.15, -0.1) is 0 Å². The van der Waals surface area contributed by atoms with Crippen LogP contribution in [-0.2, 0) is 4.74 Å². The molecule has 2 radical (unpaired) electrons. The Balaban J connectivity index is 0. The van der Waals surface area contributed by atoms with E-state index in [1.54, 1.807) is 0 Å². The maximum atomic E-state index is 9.25. The molecule has 0 spiro atoms. The molecular formula is C6H11Ac2N3O3. The van der Waals surface area contributed by atoms with Crippen LogP contribution in [0.3, 0.4) is 0 Å². The average Bonchev–Trinajstić information content (AvgIpc) is 2.33. The molecule has 0 amide bonds. The molecule has 1 aliphatic rings. The van der Waals surface area contributed by atoms with E-state index in [0.717, 1.165) is 0 Å². The molecule has 8 heteroatoms. The third kappa shape index (κ3) is 4.52. The summed E-state index contributed by atoms with van der Waals surface area (Å²) >= 11 is 0. The summed E-state index contributed by atoms with van der Waals surface area (Å²) in [6, 6.07) is -0.671. The molecule has 1 saturated heterocycles. The zero-order chi connectivity index (χ0) is 9.14. The largest absolute Gasteiger partial charge is 0.387 e. The molecule has 0 aliphatic carbocycles. The summed E-state index contributed by atoms with van der Waals surface area (Å²) in [7, 11) is 0. The number of rotatable bonds is 2. The van der Waals surface area contributed by atoms with Gasteiger partial charge in [0, 0.05) is 93.0 Å². The molecular weight excluding hydrogens is 616 g/mol. The van der Waals surface area contributed by atoms with Crippen LogP contribution in [0.4, 0.5) is 0 Å². The van der Waals surface area contributed by atoms with Crippen LogP contribution in [0.5, 0.6) is 0 Å². The predicted molar refractivity (Wildman–Crippen MR) is 40.1 cm³/mol. The first-order chi connectivity index (χ1) is 5.70. The third-order valence-electron chi connectivity index (χ3n) is 1.92. The van der Waals surface area contributed by atoms with E-state index in [-0.39, 0.29) is 94.2 Å². The zero-order valence-electron chi connectivity index (χ0n) is 7.82. The number of ether oxygens (including phenoxy) is 1. The number of azide groups is 1. The number of nitrogens with zero attached hydrogens (tertiary/aromatic N) is 3. The van der Waals surface area contributed by atoms with Crippen LogP contribution < -0.4 is 0 Å². The van der Waals surface area contributed by atoms with Crippen molar-refractivity contribution in [2.24, 2.45) is 5.11 Å². The second kappa shape index (κ2) is 9.14. The first-order valence-corrected chi connectivity index (χ1v) is 3.76. The number of hydrogen-bond donors (Lipinski definition) is 2. The van der Waals surface area contributed by atoms with Crippen LogP contribution in [0.15, 0.2) is 5.11 Å². The molecule has 4 atom stereocenters. The number of aliphatic hydroxyl groups is 2. The minimum atomic E-state index is -1.23. The van der Waals surface area contributed by atoms with Crippen molar-refractivity contribution in [2.45, 2.75) is 37.9 Å². The Morgan fingerprint density at radius 1 is 1.43 bits per heavy atom. The van der Waals surface area contributed by atoms with E-state index in [0.29, 0.717) is 6.42 Å². The summed E-state index contributed by atoms with van der Waals surface area (Å²) in [4.78, 5) is 2.57. The Hall–Kier alpha value is 2.07. The number of hydrogen-bond acceptors (Lipinski definition) is 4. The summed E-state index contributed by atoms with van der Waals surface area (Å²) in [5, 5.41) is 21.6. The van der Waals surface area contributed by atoms with Crippen LogP contribution in [-0.4, -0.2) is 34.8 Å². The molecule has 1 heterocycles. The van der Waals surface area contributed by atoms with E-state index in [1.807, 2.05) is 6.92 Å². The quantitative estimate of drug-likeness (QED) is 0.260. The van der Waals surface area contributed by atoms with E-state index < -0.39 is 18.4 Å². The van der Waals surface area contributed by atoms with Crippen molar-refractivity contribution in [3.63, 3.8) is 0 Å². The van der Waals surface area contributed by atoms with Crippen molar-refractivity contribution in [2.75, 3.05) is 0 Å². The molecule has 0 aromatic heterocycles. The molecule has 14 heavy (non-hydrogen) atoms. The molecule has 74 valence electrons. The molecule has 1 aliphatic heterocycles. The van der Waals surface area contributed by atoms with E-state index >= 15 is 0 Å². The van der Waals surface area contributed by atoms with Crippen LogP contribution in [0.2, 0.25) is 0 Å². The Morgan fingerprint density at radius 3 is 2.43 bits per heavy atom. The Morgan fingerprint density at radius 2 is 2.00 bits per heavy atom. The van der Waals surface area contributed by atoms with Gasteiger partial charge in [-0.2, -0.15) is 0 Å². The van der Waals surface area contributed by atoms with Crippen molar-refractivity contribution in [1.82, 2.24) is 0 Å². The second-order valence-electron chi connectivity index (χ2n) is 2.66. The minimum absolute atomic E-state index is 0. The molecule has 6 nitrogen and oxygen atoms in total. The minimum Gasteiger partial charge on any atom is -0.387 e. The molecule has 0 saturated carbocycles. The van der Waals surface area contributed by atoms with E-state index in [1.165, 1.54) is 0 Å². The Bertz CT molecular complexity index is 212. The molecule has 1 unspecified atom stereocenters. The summed E-state index contributed by atoms with van der Waals surface area (Å²) in [5.41, 5.74) is 8.15. The summed E-state index contributed by atoms with van der Waals surface area (Å²) < 4.78 is 4.93. The molecule has 0 aromatic rings. The van der Waals surface area contributed by atoms with Crippen LogP contribution in [0.1, 0.15) is 13.3 Å². The van der Waals surface area contributed by atoms with Gasteiger partial charge in [0.2, 0.25) is 0 Å². The van der Waals surface area contributed by atoms with Crippen LogP contribution in [0.25, 0.3) is 10.4 Å². The summed E-state index contributed by atoms with van der Waals surface area (Å²) in [6.07, 6.45) is -2.13. The predicted octanol–water partition coefficient (Wildman–Crippen LogP) is 0.153. The van der Waals surface area contributed by atoms with Gasteiger partial charge >= 0.3 is 0 Å². The molecule has 0 bridgehead atoms. The van der Waals surface area contributed by atoms with E-state index in [2.05, 4.69) is 10.0 Å². The standard InChI is InChI=1S/C6H11N3O3.2Ac/c1-2-3-4(8-9-7)5(10)6(11)12-3;;/h3-6,10-11H,2H2,1H3;;/t3-,4-,5-,6?;;/m1../s1. The maximum absolute atomic E-state index is 9.25. The summed E-state index contributed by atoms with van der Waals surface area (Å²) in [6.45, 7) is 1.83. The van der Waals surface area contributed by atoms with Crippen molar-refractivity contribution >= 4 is 0 Å². The van der Waals surface area contributed by atoms with Gasteiger partial charge < -0.3 is 14.9 Å². The van der Waals surface area contributed by atoms with Crippen molar-refractivity contribution in [3.8, 4) is 0 Å². The molecule has 1 rings (SSSR count). The molecule has 1 fully saturated rings. The summed E-state index contributed by atoms with van der Waals surface area (Å²) in [5.74, 6) is 0. The monoisotopic (exact) mass is 627 g/mol. The van der Waals surface area contributed by atoms with Crippen molar-refractivity contribution < 1.29 is 103 Å². The fourth-order valence-corrected chi connectivity index (χ4v) is 1.27. The first kappa shape index (κ1) is 18.4. The molecule has 0 aromatic carbocycles. The van der Waals surface area contributed by atoms with Crippen molar-refractivity contribution in [1.29, 1.82) is 0 Å². The molecule has 2 N–H and O–H groups in total. The van der Waals surface area contributed by atoms with Gasteiger partial charge in [-0.05, 0) is 12.0 Å². The topological polar surface area (TPSA) is 98.5 Å². The number of aliphatic hydroxyl groups excluding tert-OH is 2. The van der Waals surface area contributed by atoms with Gasteiger partial charge in [0.1, 0.15) is 6.10 Å². The van der Waals surface area contributed by atoms with E-state index in [9.17, 15) is 5.11 Å². The smallest absolute Gasteiger partial charge is 0.181 e. The maximum Gasteiger partial charge on any atom is 0.181 e. The SMILES string of the molecule is CC[C@H]1OC(O)[C@H](O)[C@@H]1N=[N+]=[N-].[Ac].[Ac]. The van der Waals surface area contributed by atoms with Gasteiger partial charge in [0.25, 0.3) is 0 Å². The normalized spacial score (nSPS) is 35.1. The van der Waals surface area contributed by atoms with Gasteiger partial charge in [0.05, 0.1) is 12.1 Å².